The van der Waals surface area contributed by atoms with Gasteiger partial charge in [-0.15, -0.1) is 0 Å². The number of carbonyl (C=O) groups excluding carboxylic acids is 2. The van der Waals surface area contributed by atoms with E-state index in [9.17, 15) is 9.59 Å². The van der Waals surface area contributed by atoms with Gasteiger partial charge in [-0.3, -0.25) is 9.59 Å². The lowest BCUT2D eigenvalue weighted by Gasteiger charge is -2.12. The van der Waals surface area contributed by atoms with Crippen LogP contribution in [-0.4, -0.2) is 18.4 Å². The van der Waals surface area contributed by atoms with Crippen LogP contribution in [0.3, 0.4) is 0 Å². The number of amides is 2. The number of hydrogen-bond donors (Lipinski definition) is 2. The minimum Gasteiger partial charge on any atom is -0.459 e. The highest BCUT2D eigenvalue weighted by molar-refractivity contribution is 6.03. The van der Waals surface area contributed by atoms with Crippen LogP contribution in [0.25, 0.3) is 0 Å². The number of carbonyl (C=O) groups is 2. The molecule has 0 unspecified atom stereocenters. The lowest BCUT2D eigenvalue weighted by molar-refractivity contribution is 0.0948. The maximum absolute atomic E-state index is 12.6. The number of aryl methyl sites for hydroxylation is 1. The summed E-state index contributed by atoms with van der Waals surface area (Å²) < 4.78 is 10.6. The van der Waals surface area contributed by atoms with Gasteiger partial charge in [-0.05, 0) is 54.8 Å². The molecule has 150 valence electrons. The van der Waals surface area contributed by atoms with Crippen LogP contribution < -0.4 is 10.6 Å². The van der Waals surface area contributed by atoms with E-state index in [-0.39, 0.29) is 17.6 Å². The van der Waals surface area contributed by atoms with Gasteiger partial charge in [0.05, 0.1) is 12.9 Å². The minimum atomic E-state index is -0.361. The van der Waals surface area contributed by atoms with Gasteiger partial charge in [-0.25, -0.2) is 0 Å². The van der Waals surface area contributed by atoms with E-state index in [0.717, 1.165) is 16.7 Å². The Morgan fingerprint density at radius 2 is 1.79 bits per heavy atom. The second-order valence-corrected chi connectivity index (χ2v) is 6.55. The van der Waals surface area contributed by atoms with E-state index in [2.05, 4.69) is 10.6 Å². The zero-order valence-corrected chi connectivity index (χ0v) is 16.5. The van der Waals surface area contributed by atoms with Crippen molar-refractivity contribution in [3.8, 4) is 0 Å². The second-order valence-electron chi connectivity index (χ2n) is 6.55. The number of ether oxygens (including phenoxy) is 1. The summed E-state index contributed by atoms with van der Waals surface area (Å²) in [6.07, 6.45) is 1.44. The molecule has 1 aromatic heterocycles. The maximum Gasteiger partial charge on any atom is 0.291 e. The Balaban J connectivity index is 1.68. The van der Waals surface area contributed by atoms with Crippen molar-refractivity contribution in [3.05, 3.63) is 88.9 Å². The van der Waals surface area contributed by atoms with Crippen LogP contribution in [-0.2, 0) is 17.9 Å². The molecule has 0 atom stereocenters. The second kappa shape index (κ2) is 9.71. The van der Waals surface area contributed by atoms with Gasteiger partial charge in [0.25, 0.3) is 11.8 Å². The van der Waals surface area contributed by atoms with Crippen molar-refractivity contribution < 1.29 is 18.7 Å². The van der Waals surface area contributed by atoms with Gasteiger partial charge >= 0.3 is 0 Å². The molecule has 0 aliphatic carbocycles. The summed E-state index contributed by atoms with van der Waals surface area (Å²) in [5.74, 6) is -0.365. The molecule has 0 radical (unpaired) electrons. The summed E-state index contributed by atoms with van der Waals surface area (Å²) in [5.41, 5.74) is 3.93. The molecule has 0 aliphatic rings. The zero-order valence-electron chi connectivity index (χ0n) is 16.5. The summed E-state index contributed by atoms with van der Waals surface area (Å²) in [5, 5.41) is 5.72. The van der Waals surface area contributed by atoms with Crippen molar-refractivity contribution in [2.24, 2.45) is 0 Å². The van der Waals surface area contributed by atoms with Crippen LogP contribution in [0.15, 0.2) is 65.3 Å². The van der Waals surface area contributed by atoms with Gasteiger partial charge in [0, 0.05) is 24.4 Å². The Morgan fingerprint density at radius 1 is 1.00 bits per heavy atom. The van der Waals surface area contributed by atoms with Crippen LogP contribution in [0.1, 0.15) is 44.5 Å². The van der Waals surface area contributed by atoms with E-state index in [1.165, 1.54) is 6.26 Å². The van der Waals surface area contributed by atoms with Crippen LogP contribution in [0, 0.1) is 6.92 Å². The fourth-order valence-corrected chi connectivity index (χ4v) is 2.85. The summed E-state index contributed by atoms with van der Waals surface area (Å²) in [6.45, 7) is 5.35. The van der Waals surface area contributed by atoms with Crippen molar-refractivity contribution >= 4 is 17.5 Å². The van der Waals surface area contributed by atoms with Gasteiger partial charge < -0.3 is 19.8 Å². The van der Waals surface area contributed by atoms with E-state index < -0.39 is 0 Å². The third-order valence-corrected chi connectivity index (χ3v) is 4.51. The highest BCUT2D eigenvalue weighted by atomic mass is 16.5. The topological polar surface area (TPSA) is 80.6 Å². The highest BCUT2D eigenvalue weighted by Crippen LogP contribution is 2.19. The van der Waals surface area contributed by atoms with Gasteiger partial charge in [-0.1, -0.05) is 30.3 Å². The first-order valence-corrected chi connectivity index (χ1v) is 9.46. The molecule has 6 nitrogen and oxygen atoms in total. The Labute approximate surface area is 169 Å². The molecule has 1 heterocycles. The Morgan fingerprint density at radius 3 is 2.52 bits per heavy atom. The summed E-state index contributed by atoms with van der Waals surface area (Å²) >= 11 is 0. The number of furan rings is 1. The smallest absolute Gasteiger partial charge is 0.291 e. The first-order valence-electron chi connectivity index (χ1n) is 9.46. The Kier molecular flexibility index (Phi) is 6.81. The molecular weight excluding hydrogens is 368 g/mol. The lowest BCUT2D eigenvalue weighted by atomic mass is 10.1. The minimum absolute atomic E-state index is 0.213. The molecule has 29 heavy (non-hydrogen) atoms. The van der Waals surface area contributed by atoms with E-state index >= 15 is 0 Å². The molecule has 0 saturated heterocycles. The van der Waals surface area contributed by atoms with E-state index in [1.807, 2.05) is 38.1 Å². The summed E-state index contributed by atoms with van der Waals surface area (Å²) in [6, 6.07) is 16.3. The molecule has 0 fully saturated rings. The predicted octanol–water partition coefficient (Wildman–Crippen LogP) is 4.31. The molecule has 3 rings (SSSR count). The standard InChI is InChI=1S/C23H24N2O4/c1-3-28-15-19-8-5-4-7-18(19)14-24-22(26)17-11-10-16(2)20(13-17)25-23(27)21-9-6-12-29-21/h4-13H,3,14-15H2,1-2H3,(H,24,26)(H,25,27). The van der Waals surface area contributed by atoms with E-state index in [0.29, 0.717) is 31.0 Å². The summed E-state index contributed by atoms with van der Waals surface area (Å²) in [4.78, 5) is 24.9. The fourth-order valence-electron chi connectivity index (χ4n) is 2.85. The van der Waals surface area contributed by atoms with E-state index in [1.54, 1.807) is 30.3 Å². The predicted molar refractivity (Wildman–Crippen MR) is 111 cm³/mol. The largest absolute Gasteiger partial charge is 0.459 e. The molecule has 0 spiro atoms. The first kappa shape index (κ1) is 20.4. The quantitative estimate of drug-likeness (QED) is 0.599. The van der Waals surface area contributed by atoms with Crippen molar-refractivity contribution in [1.82, 2.24) is 5.32 Å². The van der Waals surface area contributed by atoms with Crippen LogP contribution in [0.2, 0.25) is 0 Å². The first-order chi connectivity index (χ1) is 14.1. The highest BCUT2D eigenvalue weighted by Gasteiger charge is 2.13. The van der Waals surface area contributed by atoms with Gasteiger partial charge in [0.15, 0.2) is 5.76 Å². The maximum atomic E-state index is 12.6. The normalized spacial score (nSPS) is 10.6. The number of rotatable bonds is 8. The van der Waals surface area contributed by atoms with Gasteiger partial charge in [-0.2, -0.15) is 0 Å². The molecule has 0 saturated carbocycles. The monoisotopic (exact) mass is 392 g/mol. The average molecular weight is 392 g/mol. The molecule has 3 aromatic rings. The Hall–Kier alpha value is -3.38. The van der Waals surface area contributed by atoms with Crippen molar-refractivity contribution in [3.63, 3.8) is 0 Å². The van der Waals surface area contributed by atoms with Crippen molar-refractivity contribution in [2.45, 2.75) is 27.0 Å². The molecule has 0 bridgehead atoms. The molecule has 2 amide bonds. The van der Waals surface area contributed by atoms with Gasteiger partial charge in [0.1, 0.15) is 0 Å². The van der Waals surface area contributed by atoms with Gasteiger partial charge in [0.2, 0.25) is 0 Å². The lowest BCUT2D eigenvalue weighted by Crippen LogP contribution is -2.24. The third-order valence-electron chi connectivity index (χ3n) is 4.51. The number of nitrogens with one attached hydrogen (secondary N) is 2. The molecule has 0 aliphatic heterocycles. The van der Waals surface area contributed by atoms with Crippen LogP contribution in [0.5, 0.6) is 0 Å². The zero-order chi connectivity index (χ0) is 20.6. The Bertz CT molecular complexity index is 980. The SMILES string of the molecule is CCOCc1ccccc1CNC(=O)c1ccc(C)c(NC(=O)c2ccco2)c1. The van der Waals surface area contributed by atoms with Crippen molar-refractivity contribution in [2.75, 3.05) is 11.9 Å². The molecule has 2 aromatic carbocycles. The molecule has 6 heteroatoms. The van der Waals surface area contributed by atoms with E-state index in [4.69, 9.17) is 9.15 Å². The molecule has 2 N–H and O–H groups in total. The van der Waals surface area contributed by atoms with Crippen molar-refractivity contribution in [1.29, 1.82) is 0 Å². The number of anilines is 1. The fraction of sp³-hybridized carbons (Fsp3) is 0.217. The third kappa shape index (κ3) is 5.33. The van der Waals surface area contributed by atoms with Crippen LogP contribution >= 0.6 is 0 Å². The molecular formula is C23H24N2O4. The van der Waals surface area contributed by atoms with Crippen LogP contribution in [0.4, 0.5) is 5.69 Å². The number of hydrogen-bond acceptors (Lipinski definition) is 4. The summed E-state index contributed by atoms with van der Waals surface area (Å²) in [7, 11) is 0. The average Bonchev–Trinajstić information content (AvgIpc) is 3.27. The number of benzene rings is 2.